The molecule has 1 amide bonds. The summed E-state index contributed by atoms with van der Waals surface area (Å²) in [7, 11) is 0. The van der Waals surface area contributed by atoms with Gasteiger partial charge < -0.3 is 14.7 Å². The largest absolute Gasteiger partial charge is 0.508 e. The predicted molar refractivity (Wildman–Crippen MR) is 107 cm³/mol. The maximum absolute atomic E-state index is 13.0. The molecule has 0 radical (unpaired) electrons. The molecule has 4 nitrogen and oxygen atoms in total. The van der Waals surface area contributed by atoms with Gasteiger partial charge in [0.15, 0.2) is 0 Å². The molecule has 0 spiro atoms. The number of hydrogen-bond donors (Lipinski definition) is 1. The Balaban J connectivity index is 1.42. The number of piperidine rings is 1. The SMILES string of the molecule is O=C(OCc1ccccc1)N1CC[C@@]23CCCC[C@@H]2C1Cc1ccc(O)cc13. The zero-order valence-corrected chi connectivity index (χ0v) is 16.1. The molecule has 3 atom stereocenters. The lowest BCUT2D eigenvalue weighted by molar-refractivity contribution is -0.0137. The van der Waals surface area contributed by atoms with Crippen molar-refractivity contribution in [3.63, 3.8) is 0 Å². The molecule has 3 aliphatic rings. The van der Waals surface area contributed by atoms with Crippen molar-refractivity contribution in [1.29, 1.82) is 0 Å². The number of benzene rings is 2. The van der Waals surface area contributed by atoms with Gasteiger partial charge in [0.05, 0.1) is 0 Å². The van der Waals surface area contributed by atoms with Crippen LogP contribution in [-0.4, -0.2) is 28.7 Å². The number of carbonyl (C=O) groups excluding carboxylic acids is 1. The fourth-order valence-corrected chi connectivity index (χ4v) is 6.02. The average Bonchev–Trinajstić information content (AvgIpc) is 2.73. The lowest BCUT2D eigenvalue weighted by atomic mass is 9.52. The number of ether oxygens (including phenoxy) is 1. The van der Waals surface area contributed by atoms with Crippen LogP contribution in [0.4, 0.5) is 4.79 Å². The molecule has 28 heavy (non-hydrogen) atoms. The topological polar surface area (TPSA) is 49.8 Å². The van der Waals surface area contributed by atoms with E-state index in [4.69, 9.17) is 4.74 Å². The minimum absolute atomic E-state index is 0.117. The summed E-state index contributed by atoms with van der Waals surface area (Å²) < 4.78 is 5.69. The standard InChI is InChI=1S/C24H27NO3/c26-19-10-9-18-14-22-20-8-4-5-11-24(20,21(18)15-19)12-13-25(22)23(27)28-16-17-6-2-1-3-7-17/h1-3,6-7,9-10,15,20,22,26H,4-5,8,11-14,16H2/t20-,22?,24+/m1/s1. The van der Waals surface area contributed by atoms with Crippen LogP contribution in [-0.2, 0) is 23.2 Å². The number of aromatic hydroxyl groups is 1. The third-order valence-electron chi connectivity index (χ3n) is 7.26. The number of phenolic OH excluding ortho intramolecular Hbond substituents is 1. The molecule has 5 rings (SSSR count). The summed E-state index contributed by atoms with van der Waals surface area (Å²) in [5, 5.41) is 10.1. The molecule has 2 aromatic rings. The van der Waals surface area contributed by atoms with E-state index >= 15 is 0 Å². The smallest absolute Gasteiger partial charge is 0.410 e. The van der Waals surface area contributed by atoms with Crippen molar-refractivity contribution in [3.8, 4) is 5.75 Å². The van der Waals surface area contributed by atoms with Gasteiger partial charge >= 0.3 is 6.09 Å². The monoisotopic (exact) mass is 377 g/mol. The predicted octanol–water partition coefficient (Wildman–Crippen LogP) is 4.79. The molecule has 1 heterocycles. The molecular formula is C24H27NO3. The molecule has 1 unspecified atom stereocenters. The van der Waals surface area contributed by atoms with Crippen molar-refractivity contribution in [3.05, 3.63) is 65.2 Å². The Bertz CT molecular complexity index is 881. The molecule has 1 saturated carbocycles. The molecule has 0 aromatic heterocycles. The summed E-state index contributed by atoms with van der Waals surface area (Å²) >= 11 is 0. The van der Waals surface area contributed by atoms with Gasteiger partial charge in [0.25, 0.3) is 0 Å². The minimum atomic E-state index is -0.185. The highest BCUT2D eigenvalue weighted by Crippen LogP contribution is 2.56. The van der Waals surface area contributed by atoms with Crippen LogP contribution >= 0.6 is 0 Å². The van der Waals surface area contributed by atoms with Gasteiger partial charge in [-0.15, -0.1) is 0 Å². The van der Waals surface area contributed by atoms with E-state index in [-0.39, 0.29) is 17.6 Å². The van der Waals surface area contributed by atoms with Gasteiger partial charge in [0.1, 0.15) is 12.4 Å². The highest BCUT2D eigenvalue weighted by molar-refractivity contribution is 5.69. The van der Waals surface area contributed by atoms with Crippen molar-refractivity contribution >= 4 is 6.09 Å². The number of nitrogens with zero attached hydrogens (tertiary/aromatic N) is 1. The molecule has 146 valence electrons. The second-order valence-corrected chi connectivity index (χ2v) is 8.60. The van der Waals surface area contributed by atoms with Gasteiger partial charge in [0, 0.05) is 18.0 Å². The zero-order valence-electron chi connectivity index (χ0n) is 16.1. The first-order chi connectivity index (χ1) is 13.7. The lowest BCUT2D eigenvalue weighted by Gasteiger charge is -2.58. The van der Waals surface area contributed by atoms with Crippen molar-refractivity contribution in [2.45, 2.75) is 56.6 Å². The fraction of sp³-hybridized carbons (Fsp3) is 0.458. The maximum Gasteiger partial charge on any atom is 0.410 e. The van der Waals surface area contributed by atoms with E-state index in [0.717, 1.165) is 37.8 Å². The zero-order chi connectivity index (χ0) is 19.1. The van der Waals surface area contributed by atoms with Crippen LogP contribution in [0.1, 0.15) is 48.8 Å². The Morgan fingerprint density at radius 3 is 2.86 bits per heavy atom. The van der Waals surface area contributed by atoms with Crippen molar-refractivity contribution < 1.29 is 14.6 Å². The Labute approximate surface area is 166 Å². The summed E-state index contributed by atoms with van der Waals surface area (Å²) in [6.07, 6.45) is 6.42. The minimum Gasteiger partial charge on any atom is -0.508 e. The Morgan fingerprint density at radius 2 is 2.00 bits per heavy atom. The summed E-state index contributed by atoms with van der Waals surface area (Å²) in [6.45, 7) is 1.06. The van der Waals surface area contributed by atoms with Gasteiger partial charge in [0.2, 0.25) is 0 Å². The Kier molecular flexibility index (Phi) is 4.30. The maximum atomic E-state index is 13.0. The lowest BCUT2D eigenvalue weighted by Crippen LogP contribution is -2.62. The van der Waals surface area contributed by atoms with Crippen LogP contribution in [0.5, 0.6) is 5.75 Å². The van der Waals surface area contributed by atoms with E-state index < -0.39 is 0 Å². The first-order valence-corrected chi connectivity index (χ1v) is 10.5. The molecule has 2 aliphatic carbocycles. The number of rotatable bonds is 2. The Hall–Kier alpha value is -2.49. The van der Waals surface area contributed by atoms with Gasteiger partial charge in [-0.1, -0.05) is 49.2 Å². The van der Waals surface area contributed by atoms with Gasteiger partial charge in [-0.05, 0) is 60.4 Å². The van der Waals surface area contributed by atoms with Crippen LogP contribution < -0.4 is 0 Å². The number of phenols is 1. The van der Waals surface area contributed by atoms with Crippen molar-refractivity contribution in [2.75, 3.05) is 6.54 Å². The summed E-state index contributed by atoms with van der Waals surface area (Å²) in [4.78, 5) is 15.0. The average molecular weight is 377 g/mol. The van der Waals surface area contributed by atoms with Gasteiger partial charge in [-0.25, -0.2) is 4.79 Å². The molecule has 4 heteroatoms. The first-order valence-electron chi connectivity index (χ1n) is 10.5. The van der Waals surface area contributed by atoms with E-state index in [1.165, 1.54) is 24.0 Å². The molecule has 1 saturated heterocycles. The quantitative estimate of drug-likeness (QED) is 0.819. The van der Waals surface area contributed by atoms with Gasteiger partial charge in [-0.2, -0.15) is 0 Å². The Morgan fingerprint density at radius 1 is 1.14 bits per heavy atom. The fourth-order valence-electron chi connectivity index (χ4n) is 6.02. The highest BCUT2D eigenvalue weighted by Gasteiger charge is 2.55. The third-order valence-corrected chi connectivity index (χ3v) is 7.26. The third kappa shape index (κ3) is 2.78. The number of carbonyl (C=O) groups is 1. The van der Waals surface area contributed by atoms with E-state index in [2.05, 4.69) is 6.07 Å². The van der Waals surface area contributed by atoms with Crippen LogP contribution in [0.3, 0.4) is 0 Å². The molecular weight excluding hydrogens is 350 g/mol. The molecule has 2 bridgehead atoms. The van der Waals surface area contributed by atoms with E-state index in [0.29, 0.717) is 18.3 Å². The second-order valence-electron chi connectivity index (χ2n) is 8.60. The summed E-state index contributed by atoms with van der Waals surface area (Å²) in [6, 6.07) is 15.9. The van der Waals surface area contributed by atoms with Crippen molar-refractivity contribution in [2.24, 2.45) is 5.92 Å². The van der Waals surface area contributed by atoms with Crippen LogP contribution in [0.25, 0.3) is 0 Å². The number of likely N-dealkylation sites (tertiary alicyclic amines) is 1. The van der Waals surface area contributed by atoms with Crippen LogP contribution in [0.2, 0.25) is 0 Å². The summed E-state index contributed by atoms with van der Waals surface area (Å²) in [5.74, 6) is 0.828. The molecule has 2 fully saturated rings. The van der Waals surface area contributed by atoms with Crippen LogP contribution in [0, 0.1) is 5.92 Å². The van der Waals surface area contributed by atoms with Crippen molar-refractivity contribution in [1.82, 2.24) is 4.90 Å². The molecule has 2 aromatic carbocycles. The molecule has 1 N–H and O–H groups in total. The molecule has 1 aliphatic heterocycles. The normalized spacial score (nSPS) is 28.2. The van der Waals surface area contributed by atoms with E-state index in [1.54, 1.807) is 6.07 Å². The number of amides is 1. The van der Waals surface area contributed by atoms with Gasteiger partial charge in [-0.3, -0.25) is 0 Å². The second kappa shape index (κ2) is 6.84. The number of fused-ring (bicyclic) bond motifs is 1. The van der Waals surface area contributed by atoms with E-state index in [9.17, 15) is 9.90 Å². The first kappa shape index (κ1) is 17.6. The van der Waals surface area contributed by atoms with Crippen LogP contribution in [0.15, 0.2) is 48.5 Å². The van der Waals surface area contributed by atoms with E-state index in [1.807, 2.05) is 41.3 Å². The summed E-state index contributed by atoms with van der Waals surface area (Å²) in [5.41, 5.74) is 3.77. The highest BCUT2D eigenvalue weighted by atomic mass is 16.6. The number of hydrogen-bond acceptors (Lipinski definition) is 3.